The summed E-state index contributed by atoms with van der Waals surface area (Å²) < 4.78 is 15.1. The summed E-state index contributed by atoms with van der Waals surface area (Å²) in [5.41, 5.74) is 4.48. The van der Waals surface area contributed by atoms with Crippen molar-refractivity contribution in [3.05, 3.63) is 95.8 Å². The fourth-order valence-corrected chi connectivity index (χ4v) is 2.94. The van der Waals surface area contributed by atoms with Gasteiger partial charge >= 0.3 is 0 Å². The lowest BCUT2D eigenvalue weighted by molar-refractivity contribution is 0.247. The zero-order chi connectivity index (χ0) is 18.4. The summed E-state index contributed by atoms with van der Waals surface area (Å²) in [4.78, 5) is 6.41. The molecule has 0 atom stereocenters. The van der Waals surface area contributed by atoms with Gasteiger partial charge < -0.3 is 0 Å². The van der Waals surface area contributed by atoms with Crippen LogP contribution >= 0.6 is 0 Å². The van der Waals surface area contributed by atoms with Gasteiger partial charge in [-0.25, -0.2) is 4.39 Å². The van der Waals surface area contributed by atoms with E-state index in [4.69, 9.17) is 0 Å². The van der Waals surface area contributed by atoms with Gasteiger partial charge in [-0.15, -0.1) is 6.58 Å². The summed E-state index contributed by atoms with van der Waals surface area (Å²) in [7, 11) is 0. The second-order valence-corrected chi connectivity index (χ2v) is 6.38. The molecule has 0 saturated heterocycles. The highest BCUT2D eigenvalue weighted by Crippen LogP contribution is 2.16. The highest BCUT2D eigenvalue weighted by atomic mass is 19.1. The number of rotatable bonds is 8. The van der Waals surface area contributed by atoms with Crippen molar-refractivity contribution in [3.8, 4) is 0 Å². The van der Waals surface area contributed by atoms with E-state index in [2.05, 4.69) is 27.8 Å². The number of halogens is 1. The van der Waals surface area contributed by atoms with Crippen LogP contribution in [-0.4, -0.2) is 19.7 Å². The molecule has 0 amide bonds. The first-order valence-electron chi connectivity index (χ1n) is 8.63. The highest BCUT2D eigenvalue weighted by molar-refractivity contribution is 5.19. The van der Waals surface area contributed by atoms with Gasteiger partial charge in [0.25, 0.3) is 0 Å². The van der Waals surface area contributed by atoms with Crippen LogP contribution in [0.15, 0.2) is 67.6 Å². The Bertz CT molecular complexity index is 840. The van der Waals surface area contributed by atoms with Crippen LogP contribution in [0.2, 0.25) is 0 Å². The van der Waals surface area contributed by atoms with Gasteiger partial charge in [-0.05, 0) is 42.3 Å². The number of hydrogen-bond acceptors (Lipinski definition) is 3. The molecule has 0 aliphatic rings. The van der Waals surface area contributed by atoms with Gasteiger partial charge in [0, 0.05) is 43.8 Å². The maximum absolute atomic E-state index is 13.2. The Morgan fingerprint density at radius 3 is 2.35 bits per heavy atom. The third-order valence-corrected chi connectivity index (χ3v) is 4.23. The van der Waals surface area contributed by atoms with Gasteiger partial charge in [-0.2, -0.15) is 5.10 Å². The van der Waals surface area contributed by atoms with Crippen molar-refractivity contribution >= 4 is 0 Å². The molecule has 5 heteroatoms. The molecule has 0 fully saturated rings. The van der Waals surface area contributed by atoms with Gasteiger partial charge in [-0.3, -0.25) is 14.6 Å². The molecule has 0 saturated carbocycles. The molecule has 0 N–H and O–H groups in total. The van der Waals surface area contributed by atoms with Gasteiger partial charge in [-0.1, -0.05) is 18.2 Å². The van der Waals surface area contributed by atoms with E-state index in [9.17, 15) is 4.39 Å². The predicted octanol–water partition coefficient (Wildman–Crippen LogP) is 4.11. The van der Waals surface area contributed by atoms with Gasteiger partial charge in [0.2, 0.25) is 0 Å². The molecule has 4 nitrogen and oxygen atoms in total. The summed E-state index contributed by atoms with van der Waals surface area (Å²) in [6, 6.07) is 10.7. The van der Waals surface area contributed by atoms with Crippen molar-refractivity contribution in [3.63, 3.8) is 0 Å². The average molecular weight is 350 g/mol. The SMILES string of the molecule is C=CCn1cc(CN(Cc2ccncc2)Cc2ccc(F)cc2)c(C)n1. The van der Waals surface area contributed by atoms with Crippen LogP contribution in [0.5, 0.6) is 0 Å². The van der Waals surface area contributed by atoms with Crippen LogP contribution in [0, 0.1) is 12.7 Å². The minimum atomic E-state index is -0.212. The van der Waals surface area contributed by atoms with E-state index in [1.54, 1.807) is 12.4 Å². The maximum atomic E-state index is 13.2. The van der Waals surface area contributed by atoms with Crippen LogP contribution in [0.3, 0.4) is 0 Å². The van der Waals surface area contributed by atoms with Crippen molar-refractivity contribution in [1.29, 1.82) is 0 Å². The molecule has 26 heavy (non-hydrogen) atoms. The van der Waals surface area contributed by atoms with E-state index in [-0.39, 0.29) is 5.82 Å². The highest BCUT2D eigenvalue weighted by Gasteiger charge is 2.12. The Balaban J connectivity index is 1.79. The Labute approximate surface area is 153 Å². The fourth-order valence-electron chi connectivity index (χ4n) is 2.94. The summed E-state index contributed by atoms with van der Waals surface area (Å²) >= 11 is 0. The van der Waals surface area contributed by atoms with Crippen LogP contribution in [-0.2, 0) is 26.2 Å². The molecular formula is C21H23FN4. The maximum Gasteiger partial charge on any atom is 0.123 e. The summed E-state index contributed by atoms with van der Waals surface area (Å²) in [5, 5.41) is 4.54. The van der Waals surface area contributed by atoms with Gasteiger partial charge in [0.05, 0.1) is 12.2 Å². The van der Waals surface area contributed by atoms with E-state index in [0.29, 0.717) is 6.54 Å². The lowest BCUT2D eigenvalue weighted by atomic mass is 10.1. The molecule has 3 aromatic rings. The molecule has 2 aromatic heterocycles. The smallest absolute Gasteiger partial charge is 0.123 e. The first-order valence-corrected chi connectivity index (χ1v) is 8.63. The number of benzene rings is 1. The Hall–Kier alpha value is -2.79. The zero-order valence-corrected chi connectivity index (χ0v) is 15.0. The van der Waals surface area contributed by atoms with Crippen LogP contribution < -0.4 is 0 Å². The Morgan fingerprint density at radius 1 is 1.04 bits per heavy atom. The third-order valence-electron chi connectivity index (χ3n) is 4.23. The standard InChI is InChI=1S/C21H23FN4/c1-3-12-26-16-20(17(2)24-26)15-25(14-19-8-10-23-11-9-19)13-18-4-6-21(22)7-5-18/h3-11,16H,1,12-15H2,2H3. The number of aryl methyl sites for hydroxylation is 1. The van der Waals surface area contributed by atoms with Crippen molar-refractivity contribution < 1.29 is 4.39 Å². The number of pyridine rings is 1. The van der Waals surface area contributed by atoms with Gasteiger partial charge in [0.15, 0.2) is 0 Å². The number of nitrogens with zero attached hydrogens (tertiary/aromatic N) is 4. The molecule has 0 bridgehead atoms. The third kappa shape index (κ3) is 4.86. The minimum Gasteiger partial charge on any atom is -0.290 e. The van der Waals surface area contributed by atoms with E-state index < -0.39 is 0 Å². The molecule has 0 aliphatic carbocycles. The van der Waals surface area contributed by atoms with E-state index in [1.165, 1.54) is 23.3 Å². The minimum absolute atomic E-state index is 0.212. The zero-order valence-electron chi connectivity index (χ0n) is 15.0. The Kier molecular flexibility index (Phi) is 5.92. The molecule has 134 valence electrons. The van der Waals surface area contributed by atoms with E-state index in [1.807, 2.05) is 41.9 Å². The molecular weight excluding hydrogens is 327 g/mol. The predicted molar refractivity (Wildman–Crippen MR) is 101 cm³/mol. The first kappa shape index (κ1) is 18.0. The quantitative estimate of drug-likeness (QED) is 0.573. The number of aromatic nitrogens is 3. The number of hydrogen-bond donors (Lipinski definition) is 0. The van der Waals surface area contributed by atoms with Crippen LogP contribution in [0.25, 0.3) is 0 Å². The largest absolute Gasteiger partial charge is 0.290 e. The lowest BCUT2D eigenvalue weighted by Crippen LogP contribution is -2.22. The van der Waals surface area contributed by atoms with Crippen LogP contribution in [0.4, 0.5) is 4.39 Å². The summed E-state index contributed by atoms with van der Waals surface area (Å²) in [5.74, 6) is -0.212. The van der Waals surface area contributed by atoms with Crippen molar-refractivity contribution in [2.75, 3.05) is 0 Å². The normalized spacial score (nSPS) is 11.0. The van der Waals surface area contributed by atoms with Gasteiger partial charge in [0.1, 0.15) is 5.82 Å². The second-order valence-electron chi connectivity index (χ2n) is 6.38. The molecule has 0 aliphatic heterocycles. The topological polar surface area (TPSA) is 34.0 Å². The lowest BCUT2D eigenvalue weighted by Gasteiger charge is -2.22. The van der Waals surface area contributed by atoms with Crippen molar-refractivity contribution in [1.82, 2.24) is 19.7 Å². The molecule has 0 radical (unpaired) electrons. The molecule has 0 unspecified atom stereocenters. The summed E-state index contributed by atoms with van der Waals surface area (Å²) in [6.45, 7) is 8.77. The van der Waals surface area contributed by atoms with Crippen molar-refractivity contribution in [2.45, 2.75) is 33.1 Å². The molecule has 1 aromatic carbocycles. The summed E-state index contributed by atoms with van der Waals surface area (Å²) in [6.07, 6.45) is 7.52. The Morgan fingerprint density at radius 2 is 1.69 bits per heavy atom. The molecule has 3 rings (SSSR count). The number of allylic oxidation sites excluding steroid dienone is 1. The van der Waals surface area contributed by atoms with E-state index >= 15 is 0 Å². The molecule has 0 spiro atoms. The average Bonchev–Trinajstić information content (AvgIpc) is 2.97. The monoisotopic (exact) mass is 350 g/mol. The van der Waals surface area contributed by atoms with E-state index in [0.717, 1.165) is 30.9 Å². The fraction of sp³-hybridized carbons (Fsp3) is 0.238. The van der Waals surface area contributed by atoms with Crippen molar-refractivity contribution in [2.24, 2.45) is 0 Å². The first-order chi connectivity index (χ1) is 12.6. The second kappa shape index (κ2) is 8.54. The molecule has 2 heterocycles. The van der Waals surface area contributed by atoms with Crippen LogP contribution in [0.1, 0.15) is 22.4 Å².